The van der Waals surface area contributed by atoms with E-state index in [1.165, 1.54) is 32.8 Å². The van der Waals surface area contributed by atoms with Crippen LogP contribution in [0.4, 0.5) is 0 Å². The molecule has 0 spiro atoms. The van der Waals surface area contributed by atoms with Gasteiger partial charge in [-0.1, -0.05) is 26.2 Å². The highest BCUT2D eigenvalue weighted by molar-refractivity contribution is 5.75. The number of carbonyl (C=O) groups is 1. The van der Waals surface area contributed by atoms with Crippen molar-refractivity contribution in [3.63, 3.8) is 0 Å². The third-order valence-corrected chi connectivity index (χ3v) is 2.93. The average molecular weight is 213 g/mol. The fourth-order valence-electron chi connectivity index (χ4n) is 1.67. The first kappa shape index (κ1) is 12.5. The smallest absolute Gasteiger partial charge is 0.322 e. The molecule has 0 saturated heterocycles. The zero-order valence-electron chi connectivity index (χ0n) is 9.92. The molecule has 1 aliphatic rings. The lowest BCUT2D eigenvalue weighted by atomic mass is 10.1. The molecule has 1 unspecified atom stereocenters. The van der Waals surface area contributed by atoms with Gasteiger partial charge in [0.25, 0.3) is 0 Å². The summed E-state index contributed by atoms with van der Waals surface area (Å²) in [5, 5.41) is 3.32. The standard InChI is InChI=1S/C12H23NO2/c1-3-4-5-6-11(12(14)15-2)13-9-10-7-8-10/h10-11,13H,3-9H2,1-2H3. The molecule has 0 radical (unpaired) electrons. The van der Waals surface area contributed by atoms with Gasteiger partial charge in [-0.15, -0.1) is 0 Å². The van der Waals surface area contributed by atoms with Crippen molar-refractivity contribution >= 4 is 5.97 Å². The van der Waals surface area contributed by atoms with E-state index >= 15 is 0 Å². The summed E-state index contributed by atoms with van der Waals surface area (Å²) in [6, 6.07) is -0.0813. The molecule has 3 nitrogen and oxygen atoms in total. The quantitative estimate of drug-likeness (QED) is 0.496. The van der Waals surface area contributed by atoms with Gasteiger partial charge in [-0.25, -0.2) is 0 Å². The number of hydrogen-bond donors (Lipinski definition) is 1. The first-order valence-electron chi connectivity index (χ1n) is 6.09. The predicted molar refractivity (Wildman–Crippen MR) is 60.7 cm³/mol. The molecular formula is C12H23NO2. The van der Waals surface area contributed by atoms with Gasteiger partial charge in [0.2, 0.25) is 0 Å². The van der Waals surface area contributed by atoms with Crippen LogP contribution in [0, 0.1) is 5.92 Å². The molecule has 1 atom stereocenters. The summed E-state index contributed by atoms with van der Waals surface area (Å²) in [6.45, 7) is 3.15. The first-order valence-corrected chi connectivity index (χ1v) is 6.09. The number of ether oxygens (including phenoxy) is 1. The lowest BCUT2D eigenvalue weighted by Crippen LogP contribution is -2.38. The molecule has 1 rings (SSSR count). The molecule has 0 bridgehead atoms. The topological polar surface area (TPSA) is 38.3 Å². The van der Waals surface area contributed by atoms with E-state index in [9.17, 15) is 4.79 Å². The average Bonchev–Trinajstić information content (AvgIpc) is 3.06. The van der Waals surface area contributed by atoms with E-state index < -0.39 is 0 Å². The summed E-state index contributed by atoms with van der Waals surface area (Å²) in [6.07, 6.45) is 7.03. The normalized spacial score (nSPS) is 17.5. The highest BCUT2D eigenvalue weighted by Crippen LogP contribution is 2.27. The SMILES string of the molecule is CCCCCC(NCC1CC1)C(=O)OC. The van der Waals surface area contributed by atoms with Crippen molar-refractivity contribution in [2.24, 2.45) is 5.92 Å². The Hall–Kier alpha value is -0.570. The Morgan fingerprint density at radius 3 is 2.73 bits per heavy atom. The van der Waals surface area contributed by atoms with Crippen LogP contribution < -0.4 is 5.32 Å². The molecule has 0 aromatic carbocycles. The van der Waals surface area contributed by atoms with Gasteiger partial charge >= 0.3 is 5.97 Å². The van der Waals surface area contributed by atoms with E-state index in [0.29, 0.717) is 0 Å². The second-order valence-corrected chi connectivity index (χ2v) is 4.42. The van der Waals surface area contributed by atoms with Crippen LogP contribution in [0.25, 0.3) is 0 Å². The van der Waals surface area contributed by atoms with E-state index in [4.69, 9.17) is 4.74 Å². The Morgan fingerprint density at radius 2 is 2.20 bits per heavy atom. The number of methoxy groups -OCH3 is 1. The number of hydrogen-bond acceptors (Lipinski definition) is 3. The van der Waals surface area contributed by atoms with Crippen LogP contribution >= 0.6 is 0 Å². The number of esters is 1. The third-order valence-electron chi connectivity index (χ3n) is 2.93. The fraction of sp³-hybridized carbons (Fsp3) is 0.917. The lowest BCUT2D eigenvalue weighted by molar-refractivity contribution is -0.143. The van der Waals surface area contributed by atoms with Crippen molar-refractivity contribution in [2.75, 3.05) is 13.7 Å². The van der Waals surface area contributed by atoms with Crippen molar-refractivity contribution in [1.29, 1.82) is 0 Å². The second kappa shape index (κ2) is 6.83. The van der Waals surface area contributed by atoms with Crippen molar-refractivity contribution in [1.82, 2.24) is 5.32 Å². The molecule has 1 aliphatic carbocycles. The molecule has 0 aliphatic heterocycles. The minimum absolute atomic E-state index is 0.0813. The molecule has 1 N–H and O–H groups in total. The molecule has 0 amide bonds. The summed E-state index contributed by atoms with van der Waals surface area (Å²) in [7, 11) is 1.47. The van der Waals surface area contributed by atoms with E-state index in [1.54, 1.807) is 0 Å². The molecule has 0 aromatic heterocycles. The molecule has 1 saturated carbocycles. The highest BCUT2D eigenvalue weighted by atomic mass is 16.5. The minimum Gasteiger partial charge on any atom is -0.468 e. The van der Waals surface area contributed by atoms with Crippen molar-refractivity contribution in [3.8, 4) is 0 Å². The van der Waals surface area contributed by atoms with Crippen LogP contribution in [0.3, 0.4) is 0 Å². The Bertz CT molecular complexity index is 190. The van der Waals surface area contributed by atoms with Gasteiger partial charge < -0.3 is 10.1 Å². The maximum atomic E-state index is 11.5. The fourth-order valence-corrected chi connectivity index (χ4v) is 1.67. The summed E-state index contributed by atoms with van der Waals surface area (Å²) in [5.41, 5.74) is 0. The second-order valence-electron chi connectivity index (χ2n) is 4.42. The van der Waals surface area contributed by atoms with Gasteiger partial charge in [-0.2, -0.15) is 0 Å². The Labute approximate surface area is 92.6 Å². The molecule has 3 heteroatoms. The number of nitrogens with one attached hydrogen (secondary N) is 1. The van der Waals surface area contributed by atoms with Gasteiger partial charge in [-0.3, -0.25) is 4.79 Å². The van der Waals surface area contributed by atoms with Crippen molar-refractivity contribution in [2.45, 2.75) is 51.5 Å². The van der Waals surface area contributed by atoms with Crippen molar-refractivity contribution < 1.29 is 9.53 Å². The largest absolute Gasteiger partial charge is 0.468 e. The van der Waals surface area contributed by atoms with Crippen LogP contribution in [-0.4, -0.2) is 25.7 Å². The lowest BCUT2D eigenvalue weighted by Gasteiger charge is -2.15. The summed E-state index contributed by atoms with van der Waals surface area (Å²) in [4.78, 5) is 11.5. The number of unbranched alkanes of at least 4 members (excludes halogenated alkanes) is 2. The van der Waals surface area contributed by atoms with Crippen LogP contribution in [-0.2, 0) is 9.53 Å². The van der Waals surface area contributed by atoms with Gasteiger partial charge in [0.1, 0.15) is 6.04 Å². The monoisotopic (exact) mass is 213 g/mol. The summed E-state index contributed by atoms with van der Waals surface area (Å²) >= 11 is 0. The summed E-state index contributed by atoms with van der Waals surface area (Å²) < 4.78 is 4.79. The van der Waals surface area contributed by atoms with Gasteiger partial charge in [-0.05, 0) is 31.7 Å². The van der Waals surface area contributed by atoms with Gasteiger partial charge in [0, 0.05) is 0 Å². The Kier molecular flexibility index (Phi) is 5.69. The van der Waals surface area contributed by atoms with Crippen LogP contribution in [0.2, 0.25) is 0 Å². The van der Waals surface area contributed by atoms with E-state index in [2.05, 4.69) is 12.2 Å². The van der Waals surface area contributed by atoms with Gasteiger partial charge in [0.15, 0.2) is 0 Å². The molecule has 15 heavy (non-hydrogen) atoms. The van der Waals surface area contributed by atoms with Crippen LogP contribution in [0.5, 0.6) is 0 Å². The molecule has 0 aromatic rings. The zero-order valence-corrected chi connectivity index (χ0v) is 9.92. The minimum atomic E-state index is -0.105. The van der Waals surface area contributed by atoms with Gasteiger partial charge in [0.05, 0.1) is 7.11 Å². The van der Waals surface area contributed by atoms with Crippen LogP contribution in [0.15, 0.2) is 0 Å². The number of carbonyl (C=O) groups excluding carboxylic acids is 1. The summed E-state index contributed by atoms with van der Waals surface area (Å²) in [5.74, 6) is 0.704. The molecular weight excluding hydrogens is 190 g/mol. The van der Waals surface area contributed by atoms with Crippen molar-refractivity contribution in [3.05, 3.63) is 0 Å². The van der Waals surface area contributed by atoms with E-state index in [0.717, 1.165) is 25.3 Å². The third kappa shape index (κ3) is 5.17. The molecule has 0 heterocycles. The Morgan fingerprint density at radius 1 is 1.47 bits per heavy atom. The predicted octanol–water partition coefficient (Wildman–Crippen LogP) is 2.11. The maximum absolute atomic E-state index is 11.5. The van der Waals surface area contributed by atoms with E-state index in [1.807, 2.05) is 0 Å². The zero-order chi connectivity index (χ0) is 11.1. The maximum Gasteiger partial charge on any atom is 0.322 e. The Balaban J connectivity index is 2.20. The molecule has 88 valence electrons. The first-order chi connectivity index (χ1) is 7.27. The highest BCUT2D eigenvalue weighted by Gasteiger charge is 2.24. The van der Waals surface area contributed by atoms with Crippen LogP contribution in [0.1, 0.15) is 45.4 Å². The number of rotatable bonds is 8. The van der Waals surface area contributed by atoms with E-state index in [-0.39, 0.29) is 12.0 Å². The molecule has 1 fully saturated rings.